The number of sulfonamides is 1. The van der Waals surface area contributed by atoms with Gasteiger partial charge in [0.1, 0.15) is 10.6 Å². The molecule has 32 heavy (non-hydrogen) atoms. The molecule has 3 aromatic rings. The molecule has 2 aromatic carbocycles. The molecule has 1 aromatic heterocycles. The van der Waals surface area contributed by atoms with E-state index in [2.05, 4.69) is 20.0 Å². The molecule has 1 atom stereocenters. The van der Waals surface area contributed by atoms with Crippen LogP contribution >= 0.6 is 34.8 Å². The Balaban J connectivity index is 1.89. The Morgan fingerprint density at radius 2 is 1.69 bits per heavy atom. The molecule has 0 aliphatic rings. The van der Waals surface area contributed by atoms with Crippen LogP contribution < -0.4 is 19.5 Å². The van der Waals surface area contributed by atoms with Gasteiger partial charge in [0.2, 0.25) is 5.82 Å². The van der Waals surface area contributed by atoms with Crippen LogP contribution in [-0.2, 0) is 10.0 Å². The highest BCUT2D eigenvalue weighted by molar-refractivity contribution is 7.92. The van der Waals surface area contributed by atoms with Crippen LogP contribution in [0.1, 0.15) is 18.5 Å². The maximum Gasteiger partial charge on any atom is 0.264 e. The van der Waals surface area contributed by atoms with E-state index in [-0.39, 0.29) is 43.7 Å². The van der Waals surface area contributed by atoms with Gasteiger partial charge in [-0.05, 0) is 43.8 Å². The molecule has 0 aliphatic carbocycles. The Kier molecular flexibility index (Phi) is 7.68. The summed E-state index contributed by atoms with van der Waals surface area (Å²) < 4.78 is 38.7. The van der Waals surface area contributed by atoms with E-state index in [1.807, 2.05) is 26.1 Å². The lowest BCUT2D eigenvalue weighted by atomic mass is 10.1. The summed E-state index contributed by atoms with van der Waals surface area (Å²) in [4.78, 5) is 7.95. The summed E-state index contributed by atoms with van der Waals surface area (Å²) in [5, 5.41) is 2.93. The van der Waals surface area contributed by atoms with Crippen LogP contribution in [-0.4, -0.2) is 32.5 Å². The van der Waals surface area contributed by atoms with Crippen molar-refractivity contribution in [1.29, 1.82) is 0 Å². The second-order valence-corrected chi connectivity index (χ2v) is 9.31. The number of nitrogens with zero attached hydrogens (tertiary/aromatic N) is 2. The summed E-state index contributed by atoms with van der Waals surface area (Å²) >= 11 is 18.2. The highest BCUT2D eigenvalue weighted by atomic mass is 35.5. The Bertz CT molecular complexity index is 1220. The maximum absolute atomic E-state index is 12.8. The number of methoxy groups -OCH3 is 1. The fourth-order valence-corrected chi connectivity index (χ4v) is 4.56. The van der Waals surface area contributed by atoms with Crippen LogP contribution in [0.2, 0.25) is 15.2 Å². The van der Waals surface area contributed by atoms with Gasteiger partial charge in [-0.1, -0.05) is 53.0 Å². The lowest BCUT2D eigenvalue weighted by Gasteiger charge is -2.14. The molecule has 0 bridgehead atoms. The molecule has 170 valence electrons. The van der Waals surface area contributed by atoms with E-state index in [1.54, 1.807) is 12.1 Å². The van der Waals surface area contributed by atoms with Crippen molar-refractivity contribution < 1.29 is 17.9 Å². The molecule has 0 radical (unpaired) electrons. The topological polar surface area (TPSA) is 102 Å². The molecular formula is C20H19Cl3N4O4S. The van der Waals surface area contributed by atoms with Gasteiger partial charge in [0.25, 0.3) is 21.8 Å². The van der Waals surface area contributed by atoms with E-state index in [0.29, 0.717) is 5.75 Å². The summed E-state index contributed by atoms with van der Waals surface area (Å²) in [5.74, 6) is 0.0293. The van der Waals surface area contributed by atoms with Crippen LogP contribution in [0.5, 0.6) is 17.5 Å². The van der Waals surface area contributed by atoms with Gasteiger partial charge in [-0.2, -0.15) is 4.98 Å². The van der Waals surface area contributed by atoms with Crippen LogP contribution in [0.25, 0.3) is 0 Å². The zero-order valence-corrected chi connectivity index (χ0v) is 20.3. The fraction of sp³-hybridized carbons (Fsp3) is 0.200. The first-order valence-corrected chi connectivity index (χ1v) is 11.8. The summed E-state index contributed by atoms with van der Waals surface area (Å²) in [7, 11) is -0.984. The molecular weight excluding hydrogens is 499 g/mol. The minimum Gasteiger partial charge on any atom is -0.478 e. The van der Waals surface area contributed by atoms with Gasteiger partial charge >= 0.3 is 0 Å². The molecule has 12 heteroatoms. The van der Waals surface area contributed by atoms with Crippen molar-refractivity contribution >= 4 is 50.6 Å². The van der Waals surface area contributed by atoms with Gasteiger partial charge < -0.3 is 14.8 Å². The number of nitrogens with one attached hydrogen (secondary N) is 2. The Hall–Kier alpha value is -2.30. The lowest BCUT2D eigenvalue weighted by molar-refractivity contribution is 0.382. The summed E-state index contributed by atoms with van der Waals surface area (Å²) in [5.41, 5.74) is 1.07. The predicted molar refractivity (Wildman–Crippen MR) is 125 cm³/mol. The number of anilines is 1. The first kappa shape index (κ1) is 24.3. The van der Waals surface area contributed by atoms with E-state index >= 15 is 0 Å². The smallest absolute Gasteiger partial charge is 0.264 e. The number of halogens is 3. The molecule has 3 rings (SSSR count). The van der Waals surface area contributed by atoms with Crippen molar-refractivity contribution in [3.8, 4) is 17.5 Å². The summed E-state index contributed by atoms with van der Waals surface area (Å²) in [6, 6.07) is 11.7. The number of rotatable bonds is 8. The molecule has 0 saturated carbocycles. The van der Waals surface area contributed by atoms with E-state index < -0.39 is 10.0 Å². The number of aromatic nitrogens is 2. The van der Waals surface area contributed by atoms with E-state index in [4.69, 9.17) is 44.3 Å². The molecule has 0 spiro atoms. The van der Waals surface area contributed by atoms with Crippen LogP contribution in [0.3, 0.4) is 0 Å². The largest absolute Gasteiger partial charge is 0.478 e. The quantitative estimate of drug-likeness (QED) is 0.417. The standard InChI is InChI=1S/C20H19Cl3N4O4S/c1-11(24-2)12-7-9-13(10-8-12)31-19-17(23)25-18(20(26-19)30-3)27-32(28,29)15-6-4-5-14(21)16(15)22/h4-11,24H,1-3H3,(H,25,27)/t11-/m1/s1. The van der Waals surface area contributed by atoms with Gasteiger partial charge in [-0.15, -0.1) is 0 Å². The van der Waals surface area contributed by atoms with Crippen LogP contribution in [0.4, 0.5) is 5.82 Å². The number of ether oxygens (including phenoxy) is 2. The second kappa shape index (κ2) is 10.1. The lowest BCUT2D eigenvalue weighted by Crippen LogP contribution is -2.16. The molecule has 0 aliphatic heterocycles. The first-order valence-electron chi connectivity index (χ1n) is 9.19. The third-order valence-corrected chi connectivity index (χ3v) is 7.01. The number of benzene rings is 2. The molecule has 0 unspecified atom stereocenters. The Morgan fingerprint density at radius 1 is 1.00 bits per heavy atom. The second-order valence-electron chi connectivity index (χ2n) is 6.52. The average Bonchev–Trinajstić information content (AvgIpc) is 2.77. The highest BCUT2D eigenvalue weighted by Gasteiger charge is 2.24. The van der Waals surface area contributed by atoms with E-state index in [0.717, 1.165) is 5.56 Å². The van der Waals surface area contributed by atoms with Gasteiger partial charge in [-0.3, -0.25) is 4.72 Å². The predicted octanol–water partition coefficient (Wildman–Crippen LogP) is 5.32. The minimum absolute atomic E-state index is 0.0540. The van der Waals surface area contributed by atoms with Crippen molar-refractivity contribution in [3.05, 3.63) is 63.2 Å². The van der Waals surface area contributed by atoms with Crippen molar-refractivity contribution in [3.63, 3.8) is 0 Å². The molecule has 0 saturated heterocycles. The van der Waals surface area contributed by atoms with Crippen molar-refractivity contribution in [2.24, 2.45) is 0 Å². The number of hydrogen-bond donors (Lipinski definition) is 2. The van der Waals surface area contributed by atoms with Crippen molar-refractivity contribution in [1.82, 2.24) is 15.3 Å². The van der Waals surface area contributed by atoms with Crippen molar-refractivity contribution in [2.75, 3.05) is 18.9 Å². The first-order chi connectivity index (χ1) is 15.2. The monoisotopic (exact) mass is 516 g/mol. The zero-order chi connectivity index (χ0) is 23.5. The molecule has 0 amide bonds. The third kappa shape index (κ3) is 5.36. The zero-order valence-electron chi connectivity index (χ0n) is 17.2. The minimum atomic E-state index is -4.16. The van der Waals surface area contributed by atoms with Crippen LogP contribution in [0.15, 0.2) is 47.4 Å². The summed E-state index contributed by atoms with van der Waals surface area (Å²) in [6.07, 6.45) is 0. The molecule has 0 fully saturated rings. The van der Waals surface area contributed by atoms with Crippen LogP contribution in [0, 0.1) is 0 Å². The summed E-state index contributed by atoms with van der Waals surface area (Å²) in [6.45, 7) is 2.03. The van der Waals surface area contributed by atoms with E-state index in [1.165, 1.54) is 25.3 Å². The Morgan fingerprint density at radius 3 is 2.31 bits per heavy atom. The van der Waals surface area contributed by atoms with E-state index in [9.17, 15) is 8.42 Å². The third-order valence-electron chi connectivity index (χ3n) is 4.45. The van der Waals surface area contributed by atoms with Gasteiger partial charge in [0, 0.05) is 6.04 Å². The average molecular weight is 518 g/mol. The fourth-order valence-electron chi connectivity index (χ4n) is 2.64. The van der Waals surface area contributed by atoms with Gasteiger partial charge in [-0.25, -0.2) is 13.4 Å². The maximum atomic E-state index is 12.8. The van der Waals surface area contributed by atoms with Crippen molar-refractivity contribution in [2.45, 2.75) is 17.9 Å². The highest BCUT2D eigenvalue weighted by Crippen LogP contribution is 2.35. The normalized spacial score (nSPS) is 12.3. The number of hydrogen-bond acceptors (Lipinski definition) is 7. The van der Waals surface area contributed by atoms with Gasteiger partial charge in [0.05, 0.1) is 17.2 Å². The molecule has 8 nitrogen and oxygen atoms in total. The SMILES string of the molecule is CN[C@H](C)c1ccc(Oc2nc(OC)c(NS(=O)(=O)c3cccc(Cl)c3Cl)nc2Cl)cc1. The Labute approximate surface area is 200 Å². The molecule has 2 N–H and O–H groups in total. The molecule has 1 heterocycles. The van der Waals surface area contributed by atoms with Gasteiger partial charge in [0.15, 0.2) is 5.15 Å².